The quantitative estimate of drug-likeness (QED) is 0.897. The largest absolute Gasteiger partial charge is 0.416 e. The third kappa shape index (κ3) is 3.71. The molecule has 26 heavy (non-hydrogen) atoms. The van der Waals surface area contributed by atoms with Crippen molar-refractivity contribution in [2.24, 2.45) is 5.92 Å². The maximum atomic E-state index is 12.8. The zero-order valence-corrected chi connectivity index (χ0v) is 14.0. The van der Waals surface area contributed by atoms with Crippen LogP contribution in [0.25, 0.3) is 0 Å². The Morgan fingerprint density at radius 2 is 1.88 bits per heavy atom. The van der Waals surface area contributed by atoms with Crippen LogP contribution in [0.4, 0.5) is 24.5 Å². The molecule has 2 amide bonds. The number of halogens is 3. The Balaban J connectivity index is 1.72. The molecule has 1 aliphatic rings. The minimum absolute atomic E-state index is 0.0269. The number of carbonyl (C=O) groups excluding carboxylic acids is 2. The Labute approximate surface area is 148 Å². The van der Waals surface area contributed by atoms with E-state index in [2.05, 4.69) is 5.32 Å². The molecule has 0 spiro atoms. The lowest BCUT2D eigenvalue weighted by Gasteiger charge is -2.19. The average Bonchev–Trinajstić information content (AvgIpc) is 2.97. The molecule has 1 unspecified atom stereocenters. The first-order chi connectivity index (χ1) is 12.3. The van der Waals surface area contributed by atoms with Gasteiger partial charge in [-0.25, -0.2) is 0 Å². The fourth-order valence-corrected chi connectivity index (χ4v) is 3.00. The van der Waals surface area contributed by atoms with Crippen LogP contribution < -0.4 is 10.2 Å². The Kier molecular flexibility index (Phi) is 4.71. The number of aryl methyl sites for hydroxylation is 1. The summed E-state index contributed by atoms with van der Waals surface area (Å²) >= 11 is 0. The van der Waals surface area contributed by atoms with E-state index in [1.807, 2.05) is 25.1 Å². The Morgan fingerprint density at radius 3 is 2.58 bits per heavy atom. The summed E-state index contributed by atoms with van der Waals surface area (Å²) in [5.41, 5.74) is 0.887. The molecule has 1 fully saturated rings. The molecule has 0 radical (unpaired) electrons. The minimum atomic E-state index is -4.48. The Morgan fingerprint density at radius 1 is 1.15 bits per heavy atom. The third-order valence-corrected chi connectivity index (χ3v) is 4.36. The van der Waals surface area contributed by atoms with Gasteiger partial charge >= 0.3 is 6.18 Å². The molecule has 2 aromatic carbocycles. The van der Waals surface area contributed by atoms with E-state index in [4.69, 9.17) is 0 Å². The molecule has 0 aliphatic carbocycles. The second-order valence-electron chi connectivity index (χ2n) is 6.26. The molecule has 1 heterocycles. The van der Waals surface area contributed by atoms with Crippen LogP contribution in [0.3, 0.4) is 0 Å². The van der Waals surface area contributed by atoms with Gasteiger partial charge in [-0.3, -0.25) is 9.59 Å². The maximum absolute atomic E-state index is 12.8. The van der Waals surface area contributed by atoms with Crippen molar-refractivity contribution in [2.75, 3.05) is 16.8 Å². The first-order valence-corrected chi connectivity index (χ1v) is 8.10. The van der Waals surface area contributed by atoms with Crippen LogP contribution in [0.15, 0.2) is 48.5 Å². The van der Waals surface area contributed by atoms with Crippen LogP contribution in [-0.4, -0.2) is 18.4 Å². The summed E-state index contributed by atoms with van der Waals surface area (Å²) < 4.78 is 38.3. The second kappa shape index (κ2) is 6.82. The van der Waals surface area contributed by atoms with Crippen molar-refractivity contribution in [3.05, 3.63) is 59.7 Å². The van der Waals surface area contributed by atoms with Gasteiger partial charge in [-0.1, -0.05) is 24.3 Å². The van der Waals surface area contributed by atoms with Crippen molar-refractivity contribution in [2.45, 2.75) is 19.5 Å². The molecule has 1 atom stereocenters. The number of hydrogen-bond donors (Lipinski definition) is 1. The molecule has 0 aromatic heterocycles. The van der Waals surface area contributed by atoms with Gasteiger partial charge in [0.2, 0.25) is 11.8 Å². The van der Waals surface area contributed by atoms with Gasteiger partial charge in [-0.05, 0) is 36.8 Å². The van der Waals surface area contributed by atoms with Gasteiger partial charge < -0.3 is 10.2 Å². The zero-order valence-electron chi connectivity index (χ0n) is 14.0. The molecule has 0 bridgehead atoms. The molecular formula is C19H17F3N2O2. The standard InChI is InChI=1S/C19H17F3N2O2/c1-12-5-2-3-8-16(12)24-11-13(9-17(24)25)18(26)23-15-7-4-6-14(10-15)19(20,21)22/h2-8,10,13H,9,11H2,1H3,(H,23,26). The predicted molar refractivity (Wildman–Crippen MR) is 91.7 cm³/mol. The molecule has 1 saturated heterocycles. The highest BCUT2D eigenvalue weighted by molar-refractivity contribution is 6.03. The van der Waals surface area contributed by atoms with Gasteiger partial charge in [0, 0.05) is 24.3 Å². The summed E-state index contributed by atoms with van der Waals surface area (Å²) in [7, 11) is 0. The predicted octanol–water partition coefficient (Wildman–Crippen LogP) is 4.01. The van der Waals surface area contributed by atoms with Crippen LogP contribution in [0.1, 0.15) is 17.5 Å². The molecule has 1 aliphatic heterocycles. The fourth-order valence-electron chi connectivity index (χ4n) is 3.00. The van der Waals surface area contributed by atoms with Crippen LogP contribution in [0.2, 0.25) is 0 Å². The number of carbonyl (C=O) groups is 2. The molecule has 0 saturated carbocycles. The Hall–Kier alpha value is -2.83. The summed E-state index contributed by atoms with van der Waals surface area (Å²) in [5, 5.41) is 2.49. The van der Waals surface area contributed by atoms with Gasteiger partial charge in [-0.2, -0.15) is 13.2 Å². The maximum Gasteiger partial charge on any atom is 0.416 e. The smallest absolute Gasteiger partial charge is 0.326 e. The van der Waals surface area contributed by atoms with E-state index in [1.54, 1.807) is 11.0 Å². The van der Waals surface area contributed by atoms with E-state index < -0.39 is 23.6 Å². The topological polar surface area (TPSA) is 49.4 Å². The van der Waals surface area contributed by atoms with Gasteiger partial charge in [0.25, 0.3) is 0 Å². The summed E-state index contributed by atoms with van der Waals surface area (Å²) in [5.74, 6) is -1.26. The zero-order chi connectivity index (χ0) is 18.9. The lowest BCUT2D eigenvalue weighted by molar-refractivity contribution is -0.137. The number of nitrogens with one attached hydrogen (secondary N) is 1. The monoisotopic (exact) mass is 362 g/mol. The van der Waals surface area contributed by atoms with Crippen LogP contribution in [-0.2, 0) is 15.8 Å². The third-order valence-electron chi connectivity index (χ3n) is 4.36. The number of hydrogen-bond acceptors (Lipinski definition) is 2. The van der Waals surface area contributed by atoms with Gasteiger partial charge in [-0.15, -0.1) is 0 Å². The molecule has 2 aromatic rings. The van der Waals surface area contributed by atoms with Crippen LogP contribution >= 0.6 is 0 Å². The SMILES string of the molecule is Cc1ccccc1N1CC(C(=O)Nc2cccc(C(F)(F)F)c2)CC1=O. The molecule has 1 N–H and O–H groups in total. The van der Waals surface area contributed by atoms with Crippen molar-refractivity contribution >= 4 is 23.2 Å². The lowest BCUT2D eigenvalue weighted by atomic mass is 10.1. The summed E-state index contributed by atoms with van der Waals surface area (Å²) in [6.07, 6.45) is -4.45. The number of amides is 2. The van der Waals surface area contributed by atoms with Crippen molar-refractivity contribution in [3.8, 4) is 0 Å². The highest BCUT2D eigenvalue weighted by Crippen LogP contribution is 2.31. The van der Waals surface area contributed by atoms with E-state index in [0.717, 1.165) is 23.4 Å². The fraction of sp³-hybridized carbons (Fsp3) is 0.263. The number of para-hydroxylation sites is 1. The van der Waals surface area contributed by atoms with Gasteiger partial charge in [0.1, 0.15) is 0 Å². The lowest BCUT2D eigenvalue weighted by Crippen LogP contribution is -2.28. The molecule has 4 nitrogen and oxygen atoms in total. The summed E-state index contributed by atoms with van der Waals surface area (Å²) in [4.78, 5) is 26.2. The van der Waals surface area contributed by atoms with E-state index >= 15 is 0 Å². The first kappa shape index (κ1) is 18.0. The molecule has 7 heteroatoms. The van der Waals surface area contributed by atoms with E-state index in [9.17, 15) is 22.8 Å². The number of benzene rings is 2. The van der Waals surface area contributed by atoms with Gasteiger partial charge in [0.15, 0.2) is 0 Å². The van der Waals surface area contributed by atoms with Crippen molar-refractivity contribution in [1.29, 1.82) is 0 Å². The van der Waals surface area contributed by atoms with Crippen molar-refractivity contribution < 1.29 is 22.8 Å². The number of alkyl halides is 3. The second-order valence-corrected chi connectivity index (χ2v) is 6.26. The van der Waals surface area contributed by atoms with E-state index in [1.165, 1.54) is 12.1 Å². The first-order valence-electron chi connectivity index (χ1n) is 8.10. The summed E-state index contributed by atoms with van der Waals surface area (Å²) in [6, 6.07) is 11.8. The number of anilines is 2. The van der Waals surface area contributed by atoms with Crippen LogP contribution in [0, 0.1) is 12.8 Å². The van der Waals surface area contributed by atoms with Crippen molar-refractivity contribution in [3.63, 3.8) is 0 Å². The van der Waals surface area contributed by atoms with Gasteiger partial charge in [0.05, 0.1) is 11.5 Å². The molecule has 136 valence electrons. The highest BCUT2D eigenvalue weighted by atomic mass is 19.4. The molecule has 3 rings (SSSR count). The average molecular weight is 362 g/mol. The van der Waals surface area contributed by atoms with E-state index in [0.29, 0.717) is 0 Å². The van der Waals surface area contributed by atoms with E-state index in [-0.39, 0.29) is 24.6 Å². The Bertz CT molecular complexity index is 849. The number of rotatable bonds is 3. The minimum Gasteiger partial charge on any atom is -0.326 e. The number of nitrogens with zero attached hydrogens (tertiary/aromatic N) is 1. The molecular weight excluding hydrogens is 345 g/mol. The van der Waals surface area contributed by atoms with Crippen LogP contribution in [0.5, 0.6) is 0 Å². The van der Waals surface area contributed by atoms with Crippen molar-refractivity contribution in [1.82, 2.24) is 0 Å². The highest BCUT2D eigenvalue weighted by Gasteiger charge is 2.36. The normalized spacial score (nSPS) is 17.5. The summed E-state index contributed by atoms with van der Waals surface area (Å²) in [6.45, 7) is 2.08.